The Morgan fingerprint density at radius 2 is 2.33 bits per heavy atom. The molecule has 0 saturated heterocycles. The van der Waals surface area contributed by atoms with Crippen LogP contribution in [0.25, 0.3) is 0 Å². The fourth-order valence-electron chi connectivity index (χ4n) is 3.38. The first kappa shape index (κ1) is 6.84. The van der Waals surface area contributed by atoms with Crippen molar-refractivity contribution < 1.29 is 9.90 Å². The monoisotopic (exact) mass is 164 g/mol. The SMILES string of the molecule is O=C1C=CC(O)C23CCCC12C3. The minimum atomic E-state index is -0.349. The summed E-state index contributed by atoms with van der Waals surface area (Å²) >= 11 is 0. The molecule has 1 N–H and O–H groups in total. The highest BCUT2D eigenvalue weighted by atomic mass is 16.3. The van der Waals surface area contributed by atoms with Gasteiger partial charge in [0.2, 0.25) is 0 Å². The molecule has 2 nitrogen and oxygen atoms in total. The second kappa shape index (κ2) is 1.67. The molecule has 0 radical (unpaired) electrons. The molecule has 0 spiro atoms. The molecule has 2 heteroatoms. The molecule has 64 valence electrons. The number of rotatable bonds is 0. The highest BCUT2D eigenvalue weighted by Crippen LogP contribution is 2.76. The van der Waals surface area contributed by atoms with E-state index in [1.807, 2.05) is 0 Å². The molecule has 3 atom stereocenters. The van der Waals surface area contributed by atoms with Crippen LogP contribution < -0.4 is 0 Å². The summed E-state index contributed by atoms with van der Waals surface area (Å²) in [6.07, 6.45) is 7.02. The van der Waals surface area contributed by atoms with Crippen LogP contribution in [0.5, 0.6) is 0 Å². The molecule has 0 aromatic rings. The first-order valence-electron chi connectivity index (χ1n) is 4.62. The molecular formula is C10H12O2. The van der Waals surface area contributed by atoms with Crippen LogP contribution in [-0.2, 0) is 4.79 Å². The Bertz CT molecular complexity index is 294. The lowest BCUT2D eigenvalue weighted by Gasteiger charge is -2.23. The Morgan fingerprint density at radius 3 is 3.08 bits per heavy atom. The van der Waals surface area contributed by atoms with Gasteiger partial charge < -0.3 is 5.11 Å². The summed E-state index contributed by atoms with van der Waals surface area (Å²) in [5.41, 5.74) is -0.125. The third-order valence-electron chi connectivity index (χ3n) is 4.14. The van der Waals surface area contributed by atoms with Crippen LogP contribution in [0.15, 0.2) is 12.2 Å². The molecule has 2 fully saturated rings. The molecular weight excluding hydrogens is 152 g/mol. The zero-order valence-electron chi connectivity index (χ0n) is 6.92. The van der Waals surface area contributed by atoms with E-state index in [4.69, 9.17) is 0 Å². The summed E-state index contributed by atoms with van der Waals surface area (Å²) in [6, 6.07) is 0. The van der Waals surface area contributed by atoms with Crippen molar-refractivity contribution in [1.29, 1.82) is 0 Å². The van der Waals surface area contributed by atoms with Crippen LogP contribution in [0, 0.1) is 10.8 Å². The van der Waals surface area contributed by atoms with E-state index in [1.54, 1.807) is 12.2 Å². The molecule has 12 heavy (non-hydrogen) atoms. The first-order valence-corrected chi connectivity index (χ1v) is 4.62. The number of hydrogen-bond donors (Lipinski definition) is 1. The third-order valence-corrected chi connectivity index (χ3v) is 4.14. The smallest absolute Gasteiger partial charge is 0.162 e. The number of aliphatic hydroxyl groups is 1. The summed E-state index contributed by atoms with van der Waals surface area (Å²) in [5.74, 6) is 0.269. The van der Waals surface area contributed by atoms with E-state index in [0.717, 1.165) is 25.7 Å². The van der Waals surface area contributed by atoms with Crippen molar-refractivity contribution in [2.45, 2.75) is 31.8 Å². The van der Waals surface area contributed by atoms with E-state index in [2.05, 4.69) is 0 Å². The van der Waals surface area contributed by atoms with Crippen molar-refractivity contribution in [3.8, 4) is 0 Å². The van der Waals surface area contributed by atoms with E-state index in [9.17, 15) is 9.90 Å². The van der Waals surface area contributed by atoms with Crippen LogP contribution >= 0.6 is 0 Å². The van der Waals surface area contributed by atoms with Crippen molar-refractivity contribution in [2.75, 3.05) is 0 Å². The Balaban J connectivity index is 2.13. The Morgan fingerprint density at radius 1 is 1.50 bits per heavy atom. The summed E-state index contributed by atoms with van der Waals surface area (Å²) in [6.45, 7) is 0. The average molecular weight is 164 g/mol. The van der Waals surface area contributed by atoms with E-state index < -0.39 is 0 Å². The Labute approximate surface area is 71.3 Å². The second-order valence-electron chi connectivity index (χ2n) is 4.44. The van der Waals surface area contributed by atoms with Crippen LogP contribution in [0.2, 0.25) is 0 Å². The van der Waals surface area contributed by atoms with Gasteiger partial charge >= 0.3 is 0 Å². The summed E-state index contributed by atoms with van der Waals surface area (Å²) in [7, 11) is 0. The number of allylic oxidation sites excluding steroid dienone is 1. The minimum Gasteiger partial charge on any atom is -0.388 e. The van der Waals surface area contributed by atoms with Gasteiger partial charge in [-0.05, 0) is 25.3 Å². The lowest BCUT2D eigenvalue weighted by atomic mass is 9.83. The van der Waals surface area contributed by atoms with Gasteiger partial charge in [-0.1, -0.05) is 12.5 Å². The zero-order valence-corrected chi connectivity index (χ0v) is 6.92. The summed E-state index contributed by atoms with van der Waals surface area (Å²) in [5, 5.41) is 9.75. The van der Waals surface area contributed by atoms with E-state index in [0.29, 0.717) is 0 Å². The van der Waals surface area contributed by atoms with Gasteiger partial charge in [-0.2, -0.15) is 0 Å². The van der Waals surface area contributed by atoms with Crippen molar-refractivity contribution in [2.24, 2.45) is 10.8 Å². The Hall–Kier alpha value is -0.630. The van der Waals surface area contributed by atoms with Crippen LogP contribution in [0.4, 0.5) is 0 Å². The van der Waals surface area contributed by atoms with E-state index in [-0.39, 0.29) is 22.7 Å². The normalized spacial score (nSPS) is 55.1. The predicted octanol–water partition coefficient (Wildman–Crippen LogP) is 1.05. The number of aliphatic hydroxyl groups excluding tert-OH is 1. The maximum atomic E-state index is 11.6. The van der Waals surface area contributed by atoms with Crippen molar-refractivity contribution >= 4 is 5.78 Å². The maximum Gasteiger partial charge on any atom is 0.162 e. The van der Waals surface area contributed by atoms with Gasteiger partial charge in [0.05, 0.1) is 6.10 Å². The van der Waals surface area contributed by atoms with Crippen molar-refractivity contribution in [1.82, 2.24) is 0 Å². The van der Waals surface area contributed by atoms with E-state index in [1.165, 1.54) is 0 Å². The molecule has 3 rings (SSSR count). The molecule has 0 bridgehead atoms. The van der Waals surface area contributed by atoms with Crippen LogP contribution in [-0.4, -0.2) is 17.0 Å². The molecule has 2 saturated carbocycles. The quantitative estimate of drug-likeness (QED) is 0.581. The van der Waals surface area contributed by atoms with Crippen molar-refractivity contribution in [3.63, 3.8) is 0 Å². The summed E-state index contributed by atoms with van der Waals surface area (Å²) in [4.78, 5) is 11.6. The lowest BCUT2D eigenvalue weighted by Crippen LogP contribution is -2.30. The lowest BCUT2D eigenvalue weighted by molar-refractivity contribution is -0.121. The van der Waals surface area contributed by atoms with Gasteiger partial charge in [-0.25, -0.2) is 0 Å². The van der Waals surface area contributed by atoms with Crippen LogP contribution in [0.3, 0.4) is 0 Å². The second-order valence-corrected chi connectivity index (χ2v) is 4.44. The van der Waals surface area contributed by atoms with Gasteiger partial charge in [0.25, 0.3) is 0 Å². The molecule has 0 aromatic heterocycles. The van der Waals surface area contributed by atoms with Gasteiger partial charge in [-0.15, -0.1) is 0 Å². The van der Waals surface area contributed by atoms with Gasteiger partial charge in [0.1, 0.15) is 0 Å². The van der Waals surface area contributed by atoms with Gasteiger partial charge in [0, 0.05) is 10.8 Å². The highest BCUT2D eigenvalue weighted by molar-refractivity contribution is 6.00. The molecule has 0 aliphatic heterocycles. The number of carbonyl (C=O) groups excluding carboxylic acids is 1. The topological polar surface area (TPSA) is 37.3 Å². The van der Waals surface area contributed by atoms with Crippen LogP contribution in [0.1, 0.15) is 25.7 Å². The highest BCUT2D eigenvalue weighted by Gasteiger charge is 2.76. The molecule has 0 aromatic carbocycles. The molecule has 3 unspecified atom stereocenters. The van der Waals surface area contributed by atoms with E-state index >= 15 is 0 Å². The number of ketones is 1. The number of carbonyl (C=O) groups is 1. The standard InChI is InChI=1S/C10H12O2/c11-7-2-3-8(12)10-5-1-4-9(7,10)6-10/h2-3,7,11H,1,4-6H2. The summed E-state index contributed by atoms with van der Waals surface area (Å²) < 4.78 is 0. The predicted molar refractivity (Wildman–Crippen MR) is 43.5 cm³/mol. The minimum absolute atomic E-state index is 0.0150. The molecule has 3 aliphatic rings. The Kier molecular flexibility index (Phi) is 0.950. The molecule has 0 heterocycles. The average Bonchev–Trinajstić information content (AvgIpc) is 2.61. The van der Waals surface area contributed by atoms with Crippen molar-refractivity contribution in [3.05, 3.63) is 12.2 Å². The fourth-order valence-corrected chi connectivity index (χ4v) is 3.38. The largest absolute Gasteiger partial charge is 0.388 e. The first-order chi connectivity index (χ1) is 5.71. The number of hydrogen-bond acceptors (Lipinski definition) is 2. The molecule has 0 amide bonds. The third kappa shape index (κ3) is 0.470. The zero-order chi connectivity index (χ0) is 8.40. The van der Waals surface area contributed by atoms with Gasteiger partial charge in [0.15, 0.2) is 5.78 Å². The van der Waals surface area contributed by atoms with Gasteiger partial charge in [-0.3, -0.25) is 4.79 Å². The molecule has 3 aliphatic carbocycles. The fraction of sp³-hybridized carbons (Fsp3) is 0.700. The maximum absolute atomic E-state index is 11.6.